The first-order valence-corrected chi connectivity index (χ1v) is 10.1. The third-order valence-electron chi connectivity index (χ3n) is 5.58. The number of aliphatic hydroxyl groups is 1. The molecule has 1 atom stereocenters. The molecule has 2 heterocycles. The number of fused-ring (bicyclic) bond motifs is 1. The van der Waals surface area contributed by atoms with Gasteiger partial charge in [0.05, 0.1) is 18.7 Å². The Balaban J connectivity index is 1.90. The van der Waals surface area contributed by atoms with Crippen LogP contribution in [-0.4, -0.2) is 65.9 Å². The van der Waals surface area contributed by atoms with Crippen LogP contribution in [0.4, 0.5) is 0 Å². The number of benzene rings is 2. The van der Waals surface area contributed by atoms with Gasteiger partial charge in [-0.25, -0.2) is 0 Å². The lowest BCUT2D eigenvalue weighted by molar-refractivity contribution is -0.140. The number of para-hydroxylation sites is 1. The molecule has 4 rings (SSSR count). The lowest BCUT2D eigenvalue weighted by Gasteiger charge is -2.26. The minimum Gasteiger partial charge on any atom is -0.507 e. The number of nitrogens with one attached hydrogen (secondary N) is 1. The van der Waals surface area contributed by atoms with E-state index in [-0.39, 0.29) is 11.3 Å². The van der Waals surface area contributed by atoms with Crippen molar-refractivity contribution in [2.45, 2.75) is 6.04 Å². The molecule has 1 saturated heterocycles. The van der Waals surface area contributed by atoms with Crippen molar-refractivity contribution in [1.29, 1.82) is 0 Å². The molecule has 1 aliphatic rings. The van der Waals surface area contributed by atoms with Crippen LogP contribution in [0.5, 0.6) is 5.75 Å². The van der Waals surface area contributed by atoms with Gasteiger partial charge in [-0.2, -0.15) is 0 Å². The van der Waals surface area contributed by atoms with Gasteiger partial charge in [0.1, 0.15) is 11.5 Å². The number of likely N-dealkylation sites (N-methyl/N-ethyl adjacent to an activating group) is 1. The lowest BCUT2D eigenvalue weighted by Crippen LogP contribution is -2.35. The van der Waals surface area contributed by atoms with Gasteiger partial charge >= 0.3 is 0 Å². The maximum atomic E-state index is 13.1. The number of aromatic nitrogens is 1. The van der Waals surface area contributed by atoms with Crippen molar-refractivity contribution in [1.82, 2.24) is 14.8 Å². The van der Waals surface area contributed by atoms with Gasteiger partial charge in [0.15, 0.2) is 0 Å². The van der Waals surface area contributed by atoms with E-state index in [9.17, 15) is 14.7 Å². The largest absolute Gasteiger partial charge is 0.507 e. The van der Waals surface area contributed by atoms with E-state index in [1.54, 1.807) is 25.4 Å². The van der Waals surface area contributed by atoms with Gasteiger partial charge < -0.3 is 24.6 Å². The van der Waals surface area contributed by atoms with E-state index in [2.05, 4.69) is 4.98 Å². The number of aliphatic hydroxyl groups excluding tert-OH is 1. The third kappa shape index (κ3) is 3.68. The number of likely N-dealkylation sites (tertiary alicyclic amines) is 1. The first kappa shape index (κ1) is 20.7. The number of hydrogen-bond acceptors (Lipinski definition) is 5. The monoisotopic (exact) mass is 419 g/mol. The molecule has 0 aliphatic carbocycles. The smallest absolute Gasteiger partial charge is 0.295 e. The van der Waals surface area contributed by atoms with Gasteiger partial charge in [-0.05, 0) is 37.9 Å². The summed E-state index contributed by atoms with van der Waals surface area (Å²) in [5.74, 6) is -0.871. The fourth-order valence-electron chi connectivity index (χ4n) is 3.99. The Bertz CT molecular complexity index is 1180. The Morgan fingerprint density at radius 3 is 2.68 bits per heavy atom. The van der Waals surface area contributed by atoms with E-state index in [0.29, 0.717) is 30.0 Å². The lowest BCUT2D eigenvalue weighted by atomic mass is 9.95. The minimum absolute atomic E-state index is 0.0850. The number of rotatable bonds is 6. The summed E-state index contributed by atoms with van der Waals surface area (Å²) in [6.07, 6.45) is 1.66. The summed E-state index contributed by atoms with van der Waals surface area (Å²) in [6.45, 7) is 0.935. The van der Waals surface area contributed by atoms with Gasteiger partial charge in [-0.3, -0.25) is 9.59 Å². The van der Waals surface area contributed by atoms with Gasteiger partial charge in [-0.1, -0.05) is 30.3 Å². The normalized spacial score (nSPS) is 18.3. The number of ether oxygens (including phenoxy) is 1. The zero-order valence-electron chi connectivity index (χ0n) is 17.8. The third-order valence-corrected chi connectivity index (χ3v) is 5.58. The van der Waals surface area contributed by atoms with Crippen LogP contribution < -0.4 is 4.74 Å². The number of H-pyrrole nitrogens is 1. The summed E-state index contributed by atoms with van der Waals surface area (Å²) in [6, 6.07) is 14.0. The van der Waals surface area contributed by atoms with Crippen molar-refractivity contribution >= 4 is 28.4 Å². The topological polar surface area (TPSA) is 85.9 Å². The number of nitrogens with zero attached hydrogens (tertiary/aromatic N) is 2. The second-order valence-corrected chi connectivity index (χ2v) is 7.82. The van der Waals surface area contributed by atoms with Crippen molar-refractivity contribution in [2.75, 3.05) is 34.3 Å². The molecule has 7 nitrogen and oxygen atoms in total. The molecule has 0 unspecified atom stereocenters. The average Bonchev–Trinajstić information content (AvgIpc) is 3.31. The van der Waals surface area contributed by atoms with Gasteiger partial charge in [0.25, 0.3) is 11.7 Å². The van der Waals surface area contributed by atoms with Crippen LogP contribution in [0.2, 0.25) is 0 Å². The van der Waals surface area contributed by atoms with Crippen LogP contribution in [0, 0.1) is 0 Å². The van der Waals surface area contributed by atoms with Gasteiger partial charge in [-0.15, -0.1) is 0 Å². The first-order chi connectivity index (χ1) is 14.9. The van der Waals surface area contributed by atoms with E-state index >= 15 is 0 Å². The van der Waals surface area contributed by atoms with E-state index in [1.807, 2.05) is 55.4 Å². The second-order valence-electron chi connectivity index (χ2n) is 7.82. The average molecular weight is 419 g/mol. The fourth-order valence-corrected chi connectivity index (χ4v) is 3.99. The summed E-state index contributed by atoms with van der Waals surface area (Å²) in [7, 11) is 5.38. The predicted octanol–water partition coefficient (Wildman–Crippen LogP) is 3.16. The fraction of sp³-hybridized carbons (Fsp3) is 0.250. The SMILES string of the molecule is COc1cccc([C@H]2/C(=C(\O)c3c[nH]c4ccccc34)C(=O)C(=O)N2CCN(C)C)c1. The molecule has 1 aliphatic heterocycles. The van der Waals surface area contributed by atoms with Crippen LogP contribution in [0.25, 0.3) is 16.7 Å². The highest BCUT2D eigenvalue weighted by Gasteiger charge is 2.46. The predicted molar refractivity (Wildman–Crippen MR) is 119 cm³/mol. The highest BCUT2D eigenvalue weighted by molar-refractivity contribution is 6.46. The molecule has 2 aromatic carbocycles. The first-order valence-electron chi connectivity index (χ1n) is 10.1. The number of amides is 1. The molecule has 7 heteroatoms. The van der Waals surface area contributed by atoms with Crippen LogP contribution in [0.3, 0.4) is 0 Å². The second kappa shape index (κ2) is 8.28. The molecule has 1 aromatic heterocycles. The number of methoxy groups -OCH3 is 1. The number of hydrogen-bond donors (Lipinski definition) is 2. The molecule has 0 spiro atoms. The van der Waals surface area contributed by atoms with E-state index < -0.39 is 17.7 Å². The molecule has 1 fully saturated rings. The van der Waals surface area contributed by atoms with Crippen LogP contribution in [0.15, 0.2) is 60.3 Å². The van der Waals surface area contributed by atoms with E-state index in [1.165, 1.54) is 4.90 Å². The molecular weight excluding hydrogens is 394 g/mol. The Morgan fingerprint density at radius 1 is 1.16 bits per heavy atom. The Morgan fingerprint density at radius 2 is 1.94 bits per heavy atom. The van der Waals surface area contributed by atoms with E-state index in [4.69, 9.17) is 4.74 Å². The summed E-state index contributed by atoms with van der Waals surface area (Å²) in [4.78, 5) is 32.7. The molecule has 0 radical (unpaired) electrons. The summed E-state index contributed by atoms with van der Waals surface area (Å²) in [5, 5.41) is 12.0. The Hall–Kier alpha value is -3.58. The molecule has 31 heavy (non-hydrogen) atoms. The zero-order chi connectivity index (χ0) is 22.1. The molecule has 3 aromatic rings. The molecular formula is C24H25N3O4. The maximum Gasteiger partial charge on any atom is 0.295 e. The van der Waals surface area contributed by atoms with Gasteiger partial charge in [0, 0.05) is 35.8 Å². The Kier molecular flexibility index (Phi) is 5.52. The highest BCUT2D eigenvalue weighted by Crippen LogP contribution is 2.41. The van der Waals surface area contributed by atoms with Crippen molar-refractivity contribution in [3.8, 4) is 5.75 Å². The van der Waals surface area contributed by atoms with Crippen molar-refractivity contribution in [2.24, 2.45) is 0 Å². The van der Waals surface area contributed by atoms with Gasteiger partial charge in [0.2, 0.25) is 0 Å². The minimum atomic E-state index is -0.705. The number of carbonyl (C=O) groups excluding carboxylic acids is 2. The van der Waals surface area contributed by atoms with E-state index in [0.717, 1.165) is 10.9 Å². The number of aromatic amines is 1. The quantitative estimate of drug-likeness (QED) is 0.364. The zero-order valence-corrected chi connectivity index (χ0v) is 17.8. The van der Waals surface area contributed by atoms with Crippen LogP contribution >= 0.6 is 0 Å². The molecule has 0 saturated carbocycles. The van der Waals surface area contributed by atoms with Crippen molar-refractivity contribution in [3.63, 3.8) is 0 Å². The number of Topliss-reactive ketones (excluding diaryl/α,β-unsaturated/α-hetero) is 1. The van der Waals surface area contributed by atoms with Crippen molar-refractivity contribution < 1.29 is 19.4 Å². The molecule has 160 valence electrons. The maximum absolute atomic E-state index is 13.1. The summed E-state index contributed by atoms with van der Waals surface area (Å²) >= 11 is 0. The number of carbonyl (C=O) groups is 2. The van der Waals surface area contributed by atoms with Crippen LogP contribution in [-0.2, 0) is 9.59 Å². The number of ketones is 1. The summed E-state index contributed by atoms with van der Waals surface area (Å²) in [5.41, 5.74) is 2.12. The molecule has 1 amide bonds. The molecule has 2 N–H and O–H groups in total. The van der Waals surface area contributed by atoms with Crippen molar-refractivity contribution in [3.05, 3.63) is 71.4 Å². The standard InChI is InChI=1S/C24H25N3O4/c1-26(2)11-12-27-21(15-7-6-8-16(13-15)31-3)20(23(29)24(27)30)22(28)18-14-25-19-10-5-4-9-17(18)19/h4-10,13-14,21,25,28H,11-12H2,1-3H3/b22-20+/t21-/m0/s1. The molecule has 0 bridgehead atoms. The Labute approximate surface area is 180 Å². The highest BCUT2D eigenvalue weighted by atomic mass is 16.5. The van der Waals surface area contributed by atoms with Crippen LogP contribution in [0.1, 0.15) is 17.2 Å². The summed E-state index contributed by atoms with van der Waals surface area (Å²) < 4.78 is 5.35.